The molecule has 2 heterocycles. The van der Waals surface area contributed by atoms with Crippen molar-refractivity contribution in [3.8, 4) is 5.75 Å². The molecule has 3 rings (SSSR count). The molecule has 0 aromatic heterocycles. The van der Waals surface area contributed by atoms with Crippen molar-refractivity contribution in [3.05, 3.63) is 42.5 Å². The summed E-state index contributed by atoms with van der Waals surface area (Å²) in [7, 11) is 1.67. The summed E-state index contributed by atoms with van der Waals surface area (Å²) in [6.07, 6.45) is 0. The highest BCUT2D eigenvalue weighted by molar-refractivity contribution is 6.17. The molecule has 0 aliphatic carbocycles. The fourth-order valence-electron chi connectivity index (χ4n) is 2.66. The van der Waals surface area contributed by atoms with E-state index in [4.69, 9.17) is 25.8 Å². The molecule has 5 heteroatoms. The van der Waals surface area contributed by atoms with Crippen LogP contribution in [0.3, 0.4) is 0 Å². The Labute approximate surface area is 124 Å². The number of alkyl halides is 1. The number of nitrogens with zero attached hydrogens (tertiary/aromatic N) is 1. The second-order valence-electron chi connectivity index (χ2n) is 4.58. The van der Waals surface area contributed by atoms with Crippen LogP contribution < -0.4 is 4.74 Å². The fourth-order valence-corrected chi connectivity index (χ4v) is 2.83. The Hall–Kier alpha value is -1.07. The summed E-state index contributed by atoms with van der Waals surface area (Å²) in [5.41, 5.74) is 2.25. The molecule has 2 aliphatic rings. The van der Waals surface area contributed by atoms with Crippen LogP contribution in [-0.2, 0) is 21.8 Å². The first-order valence-corrected chi connectivity index (χ1v) is 7.04. The summed E-state index contributed by atoms with van der Waals surface area (Å²) < 4.78 is 17.0. The van der Waals surface area contributed by atoms with Gasteiger partial charge in [0.25, 0.3) is 0 Å². The monoisotopic (exact) mass is 297 g/mol. The molecular formula is C15H20ClNO3. The Morgan fingerprint density at radius 1 is 1.35 bits per heavy atom. The molecule has 4 nitrogen and oxygen atoms in total. The summed E-state index contributed by atoms with van der Waals surface area (Å²) in [6.45, 7) is 8.73. The maximum Gasteiger partial charge on any atom is 0.208 e. The smallest absolute Gasteiger partial charge is 0.208 e. The van der Waals surface area contributed by atoms with Crippen LogP contribution in [0.15, 0.2) is 31.4 Å². The molecule has 1 aromatic rings. The Morgan fingerprint density at radius 3 is 2.65 bits per heavy atom. The van der Waals surface area contributed by atoms with Gasteiger partial charge in [-0.2, -0.15) is 0 Å². The zero-order chi connectivity index (χ0) is 14.6. The molecule has 1 spiro atoms. The van der Waals surface area contributed by atoms with Gasteiger partial charge in [-0.1, -0.05) is 0 Å². The van der Waals surface area contributed by atoms with Crippen molar-refractivity contribution < 1.29 is 14.2 Å². The van der Waals surface area contributed by atoms with Gasteiger partial charge in [-0.05, 0) is 23.8 Å². The van der Waals surface area contributed by atoms with Gasteiger partial charge in [-0.3, -0.25) is 4.90 Å². The van der Waals surface area contributed by atoms with Crippen molar-refractivity contribution in [2.45, 2.75) is 12.3 Å². The third kappa shape index (κ3) is 2.69. The Morgan fingerprint density at radius 2 is 2.05 bits per heavy atom. The quantitative estimate of drug-likeness (QED) is 0.477. The van der Waals surface area contributed by atoms with E-state index < -0.39 is 5.79 Å². The normalized spacial score (nSPS) is 20.1. The van der Waals surface area contributed by atoms with E-state index in [0.29, 0.717) is 25.8 Å². The molecule has 1 aromatic carbocycles. The first-order chi connectivity index (χ1) is 9.77. The average molecular weight is 298 g/mol. The number of benzene rings is 1. The molecule has 20 heavy (non-hydrogen) atoms. The number of hydrogen-bond acceptors (Lipinski definition) is 4. The van der Waals surface area contributed by atoms with E-state index in [0.717, 1.165) is 23.4 Å². The van der Waals surface area contributed by atoms with Gasteiger partial charge in [0.15, 0.2) is 0 Å². The molecule has 0 atom stereocenters. The fraction of sp³-hybridized carbons (Fsp3) is 0.467. The minimum atomic E-state index is -0.644. The van der Waals surface area contributed by atoms with Gasteiger partial charge >= 0.3 is 0 Å². The zero-order valence-electron chi connectivity index (χ0n) is 11.7. The Bertz CT molecular complexity index is 460. The van der Waals surface area contributed by atoms with Crippen LogP contribution >= 0.6 is 11.6 Å². The van der Waals surface area contributed by atoms with Crippen LogP contribution in [-0.4, -0.2) is 37.8 Å². The maximum atomic E-state index is 5.97. The second-order valence-corrected chi connectivity index (χ2v) is 4.82. The van der Waals surface area contributed by atoms with Crippen LogP contribution in [0.1, 0.15) is 11.1 Å². The maximum absolute atomic E-state index is 5.97. The lowest BCUT2D eigenvalue weighted by Gasteiger charge is -2.39. The lowest BCUT2D eigenvalue weighted by Crippen LogP contribution is -2.46. The van der Waals surface area contributed by atoms with Crippen molar-refractivity contribution in [2.75, 3.05) is 32.9 Å². The van der Waals surface area contributed by atoms with Gasteiger partial charge in [-0.25, -0.2) is 0 Å². The topological polar surface area (TPSA) is 30.9 Å². The highest BCUT2D eigenvalue weighted by Gasteiger charge is 2.44. The van der Waals surface area contributed by atoms with E-state index in [2.05, 4.69) is 18.1 Å². The summed E-state index contributed by atoms with van der Waals surface area (Å²) in [5.74, 6) is 0.202. The van der Waals surface area contributed by atoms with Gasteiger partial charge in [0.05, 0.1) is 32.9 Å². The number of ether oxygens (including phenoxy) is 3. The molecule has 2 aliphatic heterocycles. The van der Waals surface area contributed by atoms with Crippen LogP contribution in [0.25, 0.3) is 0 Å². The Balaban J connectivity index is 0.000000704. The first kappa shape index (κ1) is 15.3. The van der Waals surface area contributed by atoms with Crippen molar-refractivity contribution in [1.29, 1.82) is 0 Å². The molecule has 1 saturated heterocycles. The van der Waals surface area contributed by atoms with Crippen molar-refractivity contribution in [2.24, 2.45) is 0 Å². The van der Waals surface area contributed by atoms with E-state index in [1.807, 2.05) is 18.2 Å². The van der Waals surface area contributed by atoms with Crippen LogP contribution in [0.2, 0.25) is 0 Å². The third-order valence-corrected chi connectivity index (χ3v) is 3.81. The van der Waals surface area contributed by atoms with E-state index in [1.54, 1.807) is 7.11 Å². The molecule has 1 fully saturated rings. The summed E-state index contributed by atoms with van der Waals surface area (Å²) >= 11 is 5.97. The van der Waals surface area contributed by atoms with Crippen LogP contribution in [0, 0.1) is 0 Å². The summed E-state index contributed by atoms with van der Waals surface area (Å²) in [5, 5.41) is 0. The van der Waals surface area contributed by atoms with Crippen molar-refractivity contribution in [3.63, 3.8) is 0 Å². The molecule has 0 N–H and O–H groups in total. The molecule has 0 unspecified atom stereocenters. The molecule has 0 saturated carbocycles. The van der Waals surface area contributed by atoms with Crippen LogP contribution in [0.5, 0.6) is 5.75 Å². The van der Waals surface area contributed by atoms with Crippen molar-refractivity contribution >= 4 is 11.6 Å². The highest BCUT2D eigenvalue weighted by atomic mass is 35.5. The zero-order valence-corrected chi connectivity index (χ0v) is 12.5. The SMILES string of the molecule is C=C.COc1ccc2c(c1)CN(CCl)CC21OCCO1. The molecule has 0 radical (unpaired) electrons. The number of methoxy groups -OCH3 is 1. The molecule has 0 amide bonds. The first-order valence-electron chi connectivity index (χ1n) is 6.51. The standard InChI is InChI=1S/C13H16ClNO3.C2H4/c1-16-11-2-3-12-10(6-11)7-15(9-14)8-13(12)17-4-5-18-13;1-2/h2-3,6H,4-5,7-9H2,1H3;1-2H2. The molecular weight excluding hydrogens is 278 g/mol. The number of halogens is 1. The third-order valence-electron chi connectivity index (χ3n) is 3.47. The minimum Gasteiger partial charge on any atom is -0.497 e. The van der Waals surface area contributed by atoms with Gasteiger partial charge in [-0.15, -0.1) is 24.8 Å². The Kier molecular flexibility index (Phi) is 5.05. The minimum absolute atomic E-state index is 0.463. The lowest BCUT2D eigenvalue weighted by atomic mass is 9.94. The van der Waals surface area contributed by atoms with Gasteiger partial charge in [0, 0.05) is 12.1 Å². The van der Waals surface area contributed by atoms with E-state index in [-0.39, 0.29) is 0 Å². The molecule has 0 bridgehead atoms. The van der Waals surface area contributed by atoms with Crippen molar-refractivity contribution in [1.82, 2.24) is 4.90 Å². The average Bonchev–Trinajstić information content (AvgIpc) is 2.97. The highest BCUT2D eigenvalue weighted by Crippen LogP contribution is 2.40. The largest absolute Gasteiger partial charge is 0.497 e. The summed E-state index contributed by atoms with van der Waals surface area (Å²) in [4.78, 5) is 2.11. The van der Waals surface area contributed by atoms with Gasteiger partial charge in [0.2, 0.25) is 5.79 Å². The number of rotatable bonds is 2. The number of fused-ring (bicyclic) bond motifs is 2. The van der Waals surface area contributed by atoms with E-state index >= 15 is 0 Å². The predicted octanol–water partition coefficient (Wildman–Crippen LogP) is 2.71. The predicted molar refractivity (Wildman–Crippen MR) is 79.0 cm³/mol. The van der Waals surface area contributed by atoms with Gasteiger partial charge < -0.3 is 14.2 Å². The van der Waals surface area contributed by atoms with E-state index in [9.17, 15) is 0 Å². The van der Waals surface area contributed by atoms with E-state index in [1.165, 1.54) is 0 Å². The summed E-state index contributed by atoms with van der Waals surface area (Å²) in [6, 6.07) is 6.47. The van der Waals surface area contributed by atoms with Gasteiger partial charge in [0.1, 0.15) is 5.75 Å². The lowest BCUT2D eigenvalue weighted by molar-refractivity contribution is -0.185. The molecule has 110 valence electrons. The second kappa shape index (κ2) is 6.59. The number of hydrogen-bond donors (Lipinski definition) is 0. The van der Waals surface area contributed by atoms with Crippen LogP contribution in [0.4, 0.5) is 0 Å².